The molecule has 0 spiro atoms. The molecular formula is C20H20Cl2FN3O5. The molecule has 2 aliphatic rings. The Bertz CT molecular complexity index is 1070. The highest BCUT2D eigenvalue weighted by molar-refractivity contribution is 6.42. The van der Waals surface area contributed by atoms with Gasteiger partial charge in [0.25, 0.3) is 0 Å². The fourth-order valence-electron chi connectivity index (χ4n) is 3.97. The molecule has 2 aliphatic heterocycles. The van der Waals surface area contributed by atoms with E-state index in [1.165, 1.54) is 36.9 Å². The molecule has 3 N–H and O–H groups in total. The topological polar surface area (TPSA) is 109 Å². The highest BCUT2D eigenvalue weighted by atomic mass is 35.5. The smallest absolute Gasteiger partial charge is 0.203 e. The highest BCUT2D eigenvalue weighted by Gasteiger charge is 2.52. The summed E-state index contributed by atoms with van der Waals surface area (Å²) in [6.07, 6.45) is -2.41. The first-order valence-electron chi connectivity index (χ1n) is 9.39. The number of aliphatic hydroxyl groups excluding tert-OH is 2. The summed E-state index contributed by atoms with van der Waals surface area (Å²) in [5, 5.41) is 36.8. The Labute approximate surface area is 187 Å². The van der Waals surface area contributed by atoms with Gasteiger partial charge in [0, 0.05) is 24.5 Å². The van der Waals surface area contributed by atoms with Gasteiger partial charge >= 0.3 is 0 Å². The van der Waals surface area contributed by atoms with Crippen LogP contribution in [-0.2, 0) is 21.6 Å². The average molecular weight is 472 g/mol. The Hall–Kier alpha value is -2.01. The van der Waals surface area contributed by atoms with E-state index in [0.717, 1.165) is 6.20 Å². The normalized spacial score (nSPS) is 28.6. The second-order valence-corrected chi connectivity index (χ2v) is 8.34. The summed E-state index contributed by atoms with van der Waals surface area (Å²) < 4.78 is 22.0. The van der Waals surface area contributed by atoms with Crippen LogP contribution in [0.5, 0.6) is 0 Å². The molecule has 5 atom stereocenters. The second-order valence-electron chi connectivity index (χ2n) is 7.52. The highest BCUT2D eigenvalue weighted by Crippen LogP contribution is 2.42. The zero-order valence-electron chi connectivity index (χ0n) is 16.5. The monoisotopic (exact) mass is 471 g/mol. The number of amidine groups is 1. The molecule has 1 aromatic heterocycles. The Morgan fingerprint density at radius 1 is 1.29 bits per heavy atom. The van der Waals surface area contributed by atoms with E-state index in [0.29, 0.717) is 16.3 Å². The van der Waals surface area contributed by atoms with Gasteiger partial charge in [-0.15, -0.1) is 0 Å². The van der Waals surface area contributed by atoms with Crippen LogP contribution in [0, 0.1) is 5.82 Å². The van der Waals surface area contributed by atoms with Gasteiger partial charge in [0.2, 0.25) is 5.84 Å². The van der Waals surface area contributed by atoms with Crippen LogP contribution < -0.4 is 0 Å². The molecule has 0 unspecified atom stereocenters. The molecule has 3 heterocycles. The van der Waals surface area contributed by atoms with E-state index >= 15 is 0 Å². The molecule has 0 bridgehead atoms. The predicted molar refractivity (Wildman–Crippen MR) is 112 cm³/mol. The van der Waals surface area contributed by atoms with E-state index in [2.05, 4.69) is 10.1 Å². The van der Waals surface area contributed by atoms with E-state index in [1.54, 1.807) is 6.07 Å². The molecule has 1 fully saturated rings. The van der Waals surface area contributed by atoms with Crippen molar-refractivity contribution in [1.29, 1.82) is 0 Å². The molecule has 31 heavy (non-hydrogen) atoms. The van der Waals surface area contributed by atoms with Crippen molar-refractivity contribution in [3.63, 3.8) is 0 Å². The number of oxime groups is 1. The van der Waals surface area contributed by atoms with Crippen LogP contribution >= 0.6 is 23.2 Å². The molecule has 0 amide bonds. The largest absolute Gasteiger partial charge is 0.397 e. The average Bonchev–Trinajstić information content (AvgIpc) is 3.22. The lowest BCUT2D eigenvalue weighted by atomic mass is 9.87. The molecule has 11 heteroatoms. The quantitative estimate of drug-likeness (QED) is 0.593. The van der Waals surface area contributed by atoms with Gasteiger partial charge in [-0.2, -0.15) is 0 Å². The molecule has 0 saturated carbocycles. The maximum Gasteiger partial charge on any atom is 0.203 e. The van der Waals surface area contributed by atoms with Gasteiger partial charge in [0.15, 0.2) is 12.0 Å². The first kappa shape index (κ1) is 22.2. The van der Waals surface area contributed by atoms with Crippen LogP contribution in [-0.4, -0.2) is 57.4 Å². The maximum absolute atomic E-state index is 14.7. The first-order chi connectivity index (χ1) is 14.7. The number of rotatable bonds is 4. The lowest BCUT2D eigenvalue weighted by Gasteiger charge is -2.32. The third-order valence-electron chi connectivity index (χ3n) is 5.56. The Morgan fingerprint density at radius 3 is 2.71 bits per heavy atom. The maximum atomic E-state index is 14.7. The van der Waals surface area contributed by atoms with Crippen LogP contribution in [0.3, 0.4) is 0 Å². The number of nitrogens with zero attached hydrogens (tertiary/aromatic N) is 3. The number of hydrogen-bond donors (Lipinski definition) is 3. The van der Waals surface area contributed by atoms with E-state index in [-0.39, 0.29) is 22.8 Å². The third-order valence-corrected chi connectivity index (χ3v) is 6.30. The number of aromatic nitrogens is 1. The first-order valence-corrected chi connectivity index (χ1v) is 10.1. The van der Waals surface area contributed by atoms with Gasteiger partial charge in [-0.25, -0.2) is 9.38 Å². The lowest BCUT2D eigenvalue weighted by molar-refractivity contribution is -0.136. The zero-order valence-corrected chi connectivity index (χ0v) is 18.0. The summed E-state index contributed by atoms with van der Waals surface area (Å²) in [4.78, 5) is 8.75. The molecule has 2 aromatic rings. The predicted octanol–water partition coefficient (Wildman–Crippen LogP) is 2.40. The van der Waals surface area contributed by atoms with Crippen LogP contribution in [0.25, 0.3) is 0 Å². The molecule has 166 valence electrons. The van der Waals surface area contributed by atoms with Crippen molar-refractivity contribution >= 4 is 35.3 Å². The van der Waals surface area contributed by atoms with Crippen molar-refractivity contribution in [2.75, 3.05) is 7.11 Å². The van der Waals surface area contributed by atoms with Crippen molar-refractivity contribution in [2.45, 2.75) is 43.5 Å². The number of aliphatic hydroxyl groups is 3. The van der Waals surface area contributed by atoms with Gasteiger partial charge in [0.1, 0.15) is 31.0 Å². The van der Waals surface area contributed by atoms with Crippen LogP contribution in [0.1, 0.15) is 30.0 Å². The fraction of sp³-hybridized carbons (Fsp3) is 0.400. The van der Waals surface area contributed by atoms with Gasteiger partial charge < -0.3 is 29.5 Å². The van der Waals surface area contributed by atoms with E-state index < -0.39 is 36.0 Å². The summed E-state index contributed by atoms with van der Waals surface area (Å²) in [6.45, 7) is 1.43. The van der Waals surface area contributed by atoms with Crippen LogP contribution in [0.2, 0.25) is 10.0 Å². The summed E-state index contributed by atoms with van der Waals surface area (Å²) in [7, 11) is 1.32. The number of halogens is 3. The van der Waals surface area contributed by atoms with Crippen LogP contribution in [0.4, 0.5) is 4.39 Å². The fourth-order valence-corrected chi connectivity index (χ4v) is 4.27. The molecular weight excluding hydrogens is 452 g/mol. The van der Waals surface area contributed by atoms with E-state index in [9.17, 15) is 19.7 Å². The van der Waals surface area contributed by atoms with Crippen molar-refractivity contribution in [2.24, 2.45) is 10.1 Å². The van der Waals surface area contributed by atoms with Gasteiger partial charge in [-0.05, 0) is 24.6 Å². The molecule has 1 aromatic carbocycles. The molecule has 4 rings (SSSR count). The summed E-state index contributed by atoms with van der Waals surface area (Å²) in [5.74, 6) is -0.583. The summed E-state index contributed by atoms with van der Waals surface area (Å²) >= 11 is 12.0. The van der Waals surface area contributed by atoms with Gasteiger partial charge in [0.05, 0.1) is 15.6 Å². The number of aliphatic imine (C=N–C) groups is 1. The van der Waals surface area contributed by atoms with Crippen molar-refractivity contribution < 1.29 is 29.3 Å². The zero-order chi connectivity index (χ0) is 22.5. The number of benzene rings is 1. The molecule has 8 nitrogen and oxygen atoms in total. The molecule has 0 radical (unpaired) electrons. The van der Waals surface area contributed by atoms with E-state index in [4.69, 9.17) is 32.8 Å². The Balaban J connectivity index is 1.70. The number of hydrogen-bond acceptors (Lipinski definition) is 6. The summed E-state index contributed by atoms with van der Waals surface area (Å²) in [6, 6.07) is 4.52. The minimum atomic E-state index is -1.74. The summed E-state index contributed by atoms with van der Waals surface area (Å²) in [5.41, 5.74) is -0.843. The number of fused-ring (bicyclic) bond motifs is 1. The third kappa shape index (κ3) is 3.65. The minimum absolute atomic E-state index is 0.0485. The van der Waals surface area contributed by atoms with Gasteiger partial charge in [-0.1, -0.05) is 34.4 Å². The molecule has 1 saturated heterocycles. The SMILES string of the molecule is CO/N=C1\N=CCc2c1c(F)cn2[C@@H]1O[C@H]([C@](C)(O)c2ccc(Cl)c(Cl)c2)[C@@H](O)[C@H]1O. The van der Waals surface area contributed by atoms with Crippen molar-refractivity contribution in [3.8, 4) is 0 Å². The Kier molecular flexibility index (Phi) is 5.84. The molecule has 0 aliphatic carbocycles. The van der Waals surface area contributed by atoms with Crippen LogP contribution in [0.15, 0.2) is 34.5 Å². The van der Waals surface area contributed by atoms with Crippen molar-refractivity contribution in [1.82, 2.24) is 4.57 Å². The van der Waals surface area contributed by atoms with Gasteiger partial charge in [-0.3, -0.25) is 0 Å². The standard InChI is InChI=1S/C20H20Cl2FN3O5/c1-20(29,9-3-4-10(21)11(22)7-9)17-15(27)16(28)19(31-17)26-8-12(23)14-13(26)5-6-24-18(14)25-30-2/h3-4,6-8,15-17,19,27-29H,5H2,1-2H3/b25-18-/t15-,16+,17-,19+,20+/m0/s1. The Morgan fingerprint density at radius 2 is 2.03 bits per heavy atom. The van der Waals surface area contributed by atoms with E-state index in [1.807, 2.05) is 0 Å². The van der Waals surface area contributed by atoms with Crippen molar-refractivity contribution in [3.05, 3.63) is 57.1 Å². The lowest BCUT2D eigenvalue weighted by Crippen LogP contribution is -2.45. The number of ether oxygens (including phenoxy) is 1. The second kappa shape index (κ2) is 8.16. The minimum Gasteiger partial charge on any atom is -0.397 e.